The van der Waals surface area contributed by atoms with Crippen LogP contribution in [0.5, 0.6) is 0 Å². The highest BCUT2D eigenvalue weighted by Gasteiger charge is 2.24. The molecule has 0 radical (unpaired) electrons. The van der Waals surface area contributed by atoms with E-state index >= 15 is 0 Å². The van der Waals surface area contributed by atoms with E-state index in [1.165, 1.54) is 0 Å². The standard InChI is InChI=1S/C18H18N4O3/c19-14-4-1-5-15-13(14)3-2-9-22(15)17(23)7-6-16-20-18(21-25-16)12-8-10-24-11-12/h1,4-5,8,10-11H,2-3,6-7,9,19H2. The maximum absolute atomic E-state index is 12.7. The molecule has 1 aliphatic rings. The molecule has 7 nitrogen and oxygen atoms in total. The molecule has 0 saturated heterocycles. The van der Waals surface area contributed by atoms with Crippen LogP contribution in [0, 0.1) is 0 Å². The lowest BCUT2D eigenvalue weighted by molar-refractivity contribution is -0.118. The van der Waals surface area contributed by atoms with Crippen molar-refractivity contribution in [2.24, 2.45) is 0 Å². The molecule has 2 N–H and O–H groups in total. The zero-order valence-electron chi connectivity index (χ0n) is 13.6. The minimum atomic E-state index is 0.0367. The number of carbonyl (C=O) groups is 1. The van der Waals surface area contributed by atoms with Gasteiger partial charge < -0.3 is 19.6 Å². The van der Waals surface area contributed by atoms with Crippen molar-refractivity contribution in [2.75, 3.05) is 17.2 Å². The molecule has 2 aromatic heterocycles. The van der Waals surface area contributed by atoms with Gasteiger partial charge >= 0.3 is 0 Å². The number of aryl methyl sites for hydroxylation is 1. The average Bonchev–Trinajstić information content (AvgIpc) is 3.31. The Morgan fingerprint density at radius 3 is 3.08 bits per heavy atom. The van der Waals surface area contributed by atoms with Crippen LogP contribution in [0.25, 0.3) is 11.4 Å². The van der Waals surface area contributed by atoms with Crippen LogP contribution >= 0.6 is 0 Å². The number of nitrogens with two attached hydrogens (primary N) is 1. The molecular weight excluding hydrogens is 320 g/mol. The molecule has 0 unspecified atom stereocenters. The van der Waals surface area contributed by atoms with Crippen LogP contribution in [0.3, 0.4) is 0 Å². The molecule has 0 spiro atoms. The fraction of sp³-hybridized carbons (Fsp3) is 0.278. The lowest BCUT2D eigenvalue weighted by Gasteiger charge is -2.30. The quantitative estimate of drug-likeness (QED) is 0.735. The molecule has 25 heavy (non-hydrogen) atoms. The van der Waals surface area contributed by atoms with Crippen molar-refractivity contribution in [2.45, 2.75) is 25.7 Å². The summed E-state index contributed by atoms with van der Waals surface area (Å²) < 4.78 is 10.2. The summed E-state index contributed by atoms with van der Waals surface area (Å²) in [4.78, 5) is 18.8. The summed E-state index contributed by atoms with van der Waals surface area (Å²) >= 11 is 0. The van der Waals surface area contributed by atoms with E-state index in [9.17, 15) is 4.79 Å². The third kappa shape index (κ3) is 3.00. The van der Waals surface area contributed by atoms with Gasteiger partial charge in [-0.15, -0.1) is 0 Å². The van der Waals surface area contributed by atoms with Gasteiger partial charge in [0.05, 0.1) is 11.8 Å². The molecule has 128 valence electrons. The molecule has 0 fully saturated rings. The average molecular weight is 338 g/mol. The van der Waals surface area contributed by atoms with Crippen LogP contribution in [-0.2, 0) is 17.6 Å². The Morgan fingerprint density at radius 1 is 1.32 bits per heavy atom. The van der Waals surface area contributed by atoms with E-state index in [4.69, 9.17) is 14.7 Å². The van der Waals surface area contributed by atoms with Crippen LogP contribution in [0.15, 0.2) is 45.7 Å². The lowest BCUT2D eigenvalue weighted by Crippen LogP contribution is -2.35. The Kier molecular flexibility index (Phi) is 3.97. The largest absolute Gasteiger partial charge is 0.472 e. The highest BCUT2D eigenvalue weighted by Crippen LogP contribution is 2.31. The number of rotatable bonds is 4. The Bertz CT molecular complexity index is 886. The number of aromatic nitrogens is 2. The first-order chi connectivity index (χ1) is 12.2. The molecule has 7 heteroatoms. The number of hydrogen-bond acceptors (Lipinski definition) is 6. The molecule has 0 atom stereocenters. The topological polar surface area (TPSA) is 98.4 Å². The number of anilines is 2. The number of benzene rings is 1. The summed E-state index contributed by atoms with van der Waals surface area (Å²) in [6, 6.07) is 7.47. The van der Waals surface area contributed by atoms with Gasteiger partial charge in [-0.25, -0.2) is 0 Å². The number of furan rings is 1. The number of carbonyl (C=O) groups excluding carboxylic acids is 1. The van der Waals surface area contributed by atoms with Gasteiger partial charge in [0.2, 0.25) is 17.6 Å². The Morgan fingerprint density at radius 2 is 2.24 bits per heavy atom. The molecular formula is C18H18N4O3. The lowest BCUT2D eigenvalue weighted by atomic mass is 9.99. The third-order valence-corrected chi connectivity index (χ3v) is 4.39. The predicted molar refractivity (Wildman–Crippen MR) is 91.8 cm³/mol. The van der Waals surface area contributed by atoms with Gasteiger partial charge in [-0.1, -0.05) is 11.2 Å². The zero-order valence-corrected chi connectivity index (χ0v) is 13.6. The fourth-order valence-corrected chi connectivity index (χ4v) is 3.12. The van der Waals surface area contributed by atoms with Crippen molar-refractivity contribution in [3.63, 3.8) is 0 Å². The van der Waals surface area contributed by atoms with Crippen molar-refractivity contribution in [3.05, 3.63) is 48.2 Å². The molecule has 3 aromatic rings. The van der Waals surface area contributed by atoms with Gasteiger partial charge in [-0.2, -0.15) is 4.98 Å². The SMILES string of the molecule is Nc1cccc2c1CCCN2C(=O)CCc1nc(-c2ccoc2)no1. The summed E-state index contributed by atoms with van der Waals surface area (Å²) in [5, 5.41) is 3.91. The van der Waals surface area contributed by atoms with E-state index in [0.29, 0.717) is 31.1 Å². The van der Waals surface area contributed by atoms with E-state index in [1.54, 1.807) is 18.6 Å². The maximum atomic E-state index is 12.7. The third-order valence-electron chi connectivity index (χ3n) is 4.39. The highest BCUT2D eigenvalue weighted by atomic mass is 16.5. The first-order valence-corrected chi connectivity index (χ1v) is 8.25. The summed E-state index contributed by atoms with van der Waals surface area (Å²) in [7, 11) is 0. The van der Waals surface area contributed by atoms with E-state index in [0.717, 1.165) is 35.3 Å². The molecule has 0 saturated carbocycles. The summed E-state index contributed by atoms with van der Waals surface area (Å²) in [6.45, 7) is 0.708. The van der Waals surface area contributed by atoms with Gasteiger partial charge in [0, 0.05) is 30.8 Å². The van der Waals surface area contributed by atoms with Gasteiger partial charge in [-0.05, 0) is 36.6 Å². The smallest absolute Gasteiger partial charge is 0.227 e. The van der Waals surface area contributed by atoms with E-state index in [-0.39, 0.29) is 5.91 Å². The van der Waals surface area contributed by atoms with E-state index in [1.807, 2.05) is 23.1 Å². The fourth-order valence-electron chi connectivity index (χ4n) is 3.12. The van der Waals surface area contributed by atoms with Crippen LogP contribution in [0.2, 0.25) is 0 Å². The van der Waals surface area contributed by atoms with Crippen LogP contribution < -0.4 is 10.6 Å². The number of fused-ring (bicyclic) bond motifs is 1. The van der Waals surface area contributed by atoms with E-state index in [2.05, 4.69) is 10.1 Å². The molecule has 0 bridgehead atoms. The zero-order chi connectivity index (χ0) is 17.2. The first-order valence-electron chi connectivity index (χ1n) is 8.25. The number of hydrogen-bond donors (Lipinski definition) is 1. The molecule has 1 amide bonds. The monoisotopic (exact) mass is 338 g/mol. The summed E-state index contributed by atoms with van der Waals surface area (Å²) in [5.74, 6) is 0.941. The van der Waals surface area contributed by atoms with Crippen molar-refractivity contribution < 1.29 is 13.7 Å². The Balaban J connectivity index is 1.44. The second-order valence-electron chi connectivity index (χ2n) is 6.02. The first kappa shape index (κ1) is 15.4. The number of amides is 1. The van der Waals surface area contributed by atoms with Crippen molar-refractivity contribution >= 4 is 17.3 Å². The molecule has 0 aliphatic carbocycles. The minimum Gasteiger partial charge on any atom is -0.472 e. The van der Waals surface area contributed by atoms with Gasteiger partial charge in [-0.3, -0.25) is 4.79 Å². The van der Waals surface area contributed by atoms with Crippen LogP contribution in [0.4, 0.5) is 11.4 Å². The summed E-state index contributed by atoms with van der Waals surface area (Å²) in [6.07, 6.45) is 5.63. The van der Waals surface area contributed by atoms with Crippen molar-refractivity contribution in [3.8, 4) is 11.4 Å². The highest BCUT2D eigenvalue weighted by molar-refractivity contribution is 5.95. The maximum Gasteiger partial charge on any atom is 0.227 e. The minimum absolute atomic E-state index is 0.0367. The van der Waals surface area contributed by atoms with Crippen molar-refractivity contribution in [1.29, 1.82) is 0 Å². The van der Waals surface area contributed by atoms with Crippen molar-refractivity contribution in [1.82, 2.24) is 10.1 Å². The molecule has 4 rings (SSSR count). The Labute approximate surface area is 144 Å². The van der Waals surface area contributed by atoms with Gasteiger partial charge in [0.25, 0.3) is 0 Å². The molecule has 1 aromatic carbocycles. The predicted octanol–water partition coefficient (Wildman–Crippen LogP) is 2.82. The van der Waals surface area contributed by atoms with Crippen LogP contribution in [0.1, 0.15) is 24.3 Å². The van der Waals surface area contributed by atoms with Crippen LogP contribution in [-0.4, -0.2) is 22.6 Å². The van der Waals surface area contributed by atoms with E-state index < -0.39 is 0 Å². The Hall–Kier alpha value is -3.09. The second kappa shape index (κ2) is 6.43. The number of nitrogen functional groups attached to an aromatic ring is 1. The normalized spacial score (nSPS) is 13.7. The molecule has 1 aliphatic heterocycles. The molecule has 3 heterocycles. The van der Waals surface area contributed by atoms with Gasteiger partial charge in [0.15, 0.2) is 0 Å². The van der Waals surface area contributed by atoms with Gasteiger partial charge in [0.1, 0.15) is 6.26 Å². The number of nitrogens with zero attached hydrogens (tertiary/aromatic N) is 3. The second-order valence-corrected chi connectivity index (χ2v) is 6.02. The summed E-state index contributed by atoms with van der Waals surface area (Å²) in [5.41, 5.74) is 9.51.